The van der Waals surface area contributed by atoms with E-state index >= 15 is 0 Å². The number of sulfone groups is 1. The van der Waals surface area contributed by atoms with Crippen LogP contribution >= 0.6 is 0 Å². The van der Waals surface area contributed by atoms with Gasteiger partial charge < -0.3 is 9.73 Å². The van der Waals surface area contributed by atoms with Gasteiger partial charge in [0.1, 0.15) is 5.76 Å². The normalized spacial score (nSPS) is 12.5. The summed E-state index contributed by atoms with van der Waals surface area (Å²) in [5, 5.41) is 2.71. The van der Waals surface area contributed by atoms with Gasteiger partial charge in [-0.25, -0.2) is 8.42 Å². The fourth-order valence-corrected chi connectivity index (χ4v) is 2.95. The topological polar surface area (TPSA) is 76.4 Å². The number of hydrogen-bond donors (Lipinski definition) is 1. The van der Waals surface area contributed by atoms with E-state index in [9.17, 15) is 13.2 Å². The summed E-state index contributed by atoms with van der Waals surface area (Å²) in [6.45, 7) is 5.02. The van der Waals surface area contributed by atoms with Crippen molar-refractivity contribution in [2.45, 2.75) is 31.3 Å². The van der Waals surface area contributed by atoms with E-state index in [0.29, 0.717) is 17.0 Å². The lowest BCUT2D eigenvalue weighted by Crippen LogP contribution is -2.29. The largest absolute Gasteiger partial charge is 0.465 e. The third kappa shape index (κ3) is 4.83. The number of hydrogen-bond acceptors (Lipinski definition) is 4. The van der Waals surface area contributed by atoms with E-state index in [1.165, 1.54) is 12.3 Å². The number of furan rings is 1. The van der Waals surface area contributed by atoms with Gasteiger partial charge in [0.2, 0.25) is 5.91 Å². The van der Waals surface area contributed by atoms with Gasteiger partial charge >= 0.3 is 0 Å². The summed E-state index contributed by atoms with van der Waals surface area (Å²) in [7, 11) is -3.27. The van der Waals surface area contributed by atoms with Crippen molar-refractivity contribution >= 4 is 27.5 Å². The van der Waals surface area contributed by atoms with E-state index in [2.05, 4.69) is 5.32 Å². The Morgan fingerprint density at radius 3 is 2.58 bits per heavy atom. The predicted octanol–water partition coefficient (Wildman–Crippen LogP) is 3.64. The first kappa shape index (κ1) is 18.0. The van der Waals surface area contributed by atoms with Crippen LogP contribution in [0.2, 0.25) is 0 Å². The summed E-state index contributed by atoms with van der Waals surface area (Å²) in [6.07, 6.45) is 4.44. The maximum Gasteiger partial charge on any atom is 0.248 e. The molecule has 0 bridgehead atoms. The van der Waals surface area contributed by atoms with Crippen molar-refractivity contribution < 1.29 is 17.6 Å². The fourth-order valence-electron chi connectivity index (χ4n) is 1.90. The molecule has 1 heterocycles. The highest BCUT2D eigenvalue weighted by molar-refractivity contribution is 7.91. The van der Waals surface area contributed by atoms with Crippen LogP contribution in [0.15, 0.2) is 53.2 Å². The molecule has 1 amide bonds. The molecule has 0 aliphatic heterocycles. The molecule has 6 heteroatoms. The molecule has 2 aromatic rings. The maximum atomic E-state index is 12.3. The molecular weight excluding hydrogens is 326 g/mol. The summed E-state index contributed by atoms with van der Waals surface area (Å²) in [6, 6.07) is 10.3. The summed E-state index contributed by atoms with van der Waals surface area (Å²) in [4.78, 5) is 11.9. The summed E-state index contributed by atoms with van der Waals surface area (Å²) in [5.41, 5.74) is 1.18. The summed E-state index contributed by atoms with van der Waals surface area (Å²) >= 11 is 0. The van der Waals surface area contributed by atoms with Crippen molar-refractivity contribution in [2.75, 3.05) is 5.32 Å². The Labute approximate surface area is 142 Å². The molecule has 2 rings (SSSR count). The van der Waals surface area contributed by atoms with E-state index in [1.54, 1.807) is 63.2 Å². The molecule has 0 fully saturated rings. The first-order valence-corrected chi connectivity index (χ1v) is 9.16. The van der Waals surface area contributed by atoms with Gasteiger partial charge in [0.05, 0.1) is 16.8 Å². The quantitative estimate of drug-likeness (QED) is 0.838. The zero-order valence-electron chi connectivity index (χ0n) is 13.9. The van der Waals surface area contributed by atoms with Gasteiger partial charge in [0, 0.05) is 11.8 Å². The van der Waals surface area contributed by atoms with Crippen molar-refractivity contribution in [3.05, 3.63) is 60.1 Å². The number of carbonyl (C=O) groups excluding carboxylic acids is 1. The van der Waals surface area contributed by atoms with Gasteiger partial charge in [-0.2, -0.15) is 0 Å². The lowest BCUT2D eigenvalue weighted by atomic mass is 10.2. The number of carbonyl (C=O) groups is 1. The molecule has 0 unspecified atom stereocenters. The molecule has 1 aromatic heterocycles. The van der Waals surface area contributed by atoms with Gasteiger partial charge in [-0.1, -0.05) is 12.1 Å². The number of nitrogens with one attached hydrogen (secondary N) is 1. The Kier molecular flexibility index (Phi) is 5.29. The predicted molar refractivity (Wildman–Crippen MR) is 95.2 cm³/mol. The molecule has 0 aliphatic carbocycles. The second-order valence-electron chi connectivity index (χ2n) is 6.41. The monoisotopic (exact) mass is 347 g/mol. The van der Waals surface area contributed by atoms with E-state index in [-0.39, 0.29) is 11.7 Å². The molecule has 1 N–H and O–H groups in total. The van der Waals surface area contributed by atoms with Crippen molar-refractivity contribution in [3.63, 3.8) is 0 Å². The Bertz CT molecular complexity index is 828. The van der Waals surface area contributed by atoms with Crippen LogP contribution in [-0.4, -0.2) is 19.1 Å². The molecule has 0 aliphatic rings. The van der Waals surface area contributed by atoms with E-state index in [0.717, 1.165) is 0 Å². The fraction of sp³-hybridized carbons (Fsp3) is 0.278. The zero-order valence-corrected chi connectivity index (χ0v) is 14.8. The van der Waals surface area contributed by atoms with Crippen molar-refractivity contribution in [1.82, 2.24) is 0 Å². The van der Waals surface area contributed by atoms with Gasteiger partial charge in [0.25, 0.3) is 0 Å². The SMILES string of the molecule is CC(C)(C)S(=O)(=O)Cc1cccc(NC(=O)C=Cc2ccco2)c1. The van der Waals surface area contributed by atoms with Crippen molar-refractivity contribution in [2.24, 2.45) is 0 Å². The minimum Gasteiger partial charge on any atom is -0.465 e. The van der Waals surface area contributed by atoms with Crippen LogP contribution in [0.4, 0.5) is 5.69 Å². The van der Waals surface area contributed by atoms with Gasteiger partial charge in [0.15, 0.2) is 9.84 Å². The Morgan fingerprint density at radius 1 is 1.21 bits per heavy atom. The molecule has 128 valence electrons. The number of benzene rings is 1. The Morgan fingerprint density at radius 2 is 1.96 bits per heavy atom. The first-order valence-electron chi connectivity index (χ1n) is 7.51. The van der Waals surface area contributed by atoms with Crippen molar-refractivity contribution in [1.29, 1.82) is 0 Å². The van der Waals surface area contributed by atoms with Gasteiger partial charge in [-0.3, -0.25) is 4.79 Å². The molecule has 5 nitrogen and oxygen atoms in total. The smallest absolute Gasteiger partial charge is 0.248 e. The van der Waals surface area contributed by atoms with Gasteiger partial charge in [-0.15, -0.1) is 0 Å². The average Bonchev–Trinajstić information content (AvgIpc) is 2.97. The van der Waals surface area contributed by atoms with Crippen LogP contribution in [-0.2, 0) is 20.4 Å². The lowest BCUT2D eigenvalue weighted by molar-refractivity contribution is -0.111. The Balaban J connectivity index is 2.06. The molecule has 0 saturated carbocycles. The summed E-state index contributed by atoms with van der Waals surface area (Å²) < 4.78 is 28.8. The van der Waals surface area contributed by atoms with Crippen LogP contribution in [0, 0.1) is 0 Å². The average molecular weight is 347 g/mol. The molecule has 0 atom stereocenters. The number of rotatable bonds is 5. The van der Waals surface area contributed by atoms with Crippen LogP contribution in [0.5, 0.6) is 0 Å². The molecule has 0 spiro atoms. The minimum atomic E-state index is -3.27. The molecule has 0 saturated heterocycles. The first-order chi connectivity index (χ1) is 11.2. The second-order valence-corrected chi connectivity index (χ2v) is 9.15. The highest BCUT2D eigenvalue weighted by Gasteiger charge is 2.28. The van der Waals surface area contributed by atoms with E-state index < -0.39 is 14.6 Å². The van der Waals surface area contributed by atoms with Crippen LogP contribution in [0.3, 0.4) is 0 Å². The summed E-state index contributed by atoms with van der Waals surface area (Å²) in [5.74, 6) is 0.194. The zero-order chi connectivity index (χ0) is 17.8. The minimum absolute atomic E-state index is 0.0670. The lowest BCUT2D eigenvalue weighted by Gasteiger charge is -2.19. The van der Waals surface area contributed by atoms with Crippen LogP contribution in [0.25, 0.3) is 6.08 Å². The second kappa shape index (κ2) is 7.05. The molecular formula is C18H21NO4S. The highest BCUT2D eigenvalue weighted by Crippen LogP contribution is 2.22. The van der Waals surface area contributed by atoms with Crippen LogP contribution in [0.1, 0.15) is 32.1 Å². The molecule has 1 aromatic carbocycles. The maximum absolute atomic E-state index is 12.3. The van der Waals surface area contributed by atoms with E-state index in [4.69, 9.17) is 4.42 Å². The van der Waals surface area contributed by atoms with Crippen LogP contribution < -0.4 is 5.32 Å². The standard InChI is InChI=1S/C18H21NO4S/c1-18(2,3)24(21,22)13-14-6-4-7-15(12-14)19-17(20)10-9-16-8-5-11-23-16/h4-12H,13H2,1-3H3,(H,19,20). The third-order valence-corrected chi connectivity index (χ3v) is 6.01. The highest BCUT2D eigenvalue weighted by atomic mass is 32.2. The van der Waals surface area contributed by atoms with Crippen molar-refractivity contribution in [3.8, 4) is 0 Å². The number of amides is 1. The molecule has 24 heavy (non-hydrogen) atoms. The molecule has 0 radical (unpaired) electrons. The third-order valence-electron chi connectivity index (χ3n) is 3.43. The van der Waals surface area contributed by atoms with Gasteiger partial charge in [-0.05, 0) is 56.7 Å². The van der Waals surface area contributed by atoms with E-state index in [1.807, 2.05) is 0 Å². The Hall–Kier alpha value is -2.34. The number of anilines is 1.